The molecule has 7 heteroatoms. The van der Waals surface area contributed by atoms with Crippen molar-refractivity contribution in [2.45, 2.75) is 13.3 Å². The van der Waals surface area contributed by atoms with Crippen molar-refractivity contribution in [3.63, 3.8) is 0 Å². The van der Waals surface area contributed by atoms with Gasteiger partial charge < -0.3 is 15.5 Å². The number of hydrogen-bond donors (Lipinski definition) is 2. The highest BCUT2D eigenvalue weighted by atomic mass is 35.5. The molecule has 1 saturated heterocycles. The average Bonchev–Trinajstić information content (AvgIpc) is 2.62. The second kappa shape index (κ2) is 10.3. The van der Waals surface area contributed by atoms with Gasteiger partial charge in [-0.3, -0.25) is 14.7 Å². The summed E-state index contributed by atoms with van der Waals surface area (Å²) in [5.41, 5.74) is 1.13. The minimum atomic E-state index is 0.167. The first-order valence-electron chi connectivity index (χ1n) is 8.76. The molecule has 1 heterocycles. The van der Waals surface area contributed by atoms with Gasteiger partial charge in [0.05, 0.1) is 0 Å². The van der Waals surface area contributed by atoms with E-state index in [-0.39, 0.29) is 5.91 Å². The number of guanidine groups is 1. The van der Waals surface area contributed by atoms with Crippen LogP contribution in [0, 0.1) is 0 Å². The molecule has 1 aliphatic heterocycles. The first-order chi connectivity index (χ1) is 12.1. The monoisotopic (exact) mass is 365 g/mol. The summed E-state index contributed by atoms with van der Waals surface area (Å²) in [5, 5.41) is 7.45. The van der Waals surface area contributed by atoms with E-state index in [9.17, 15) is 4.79 Å². The topological polar surface area (TPSA) is 60.0 Å². The molecule has 0 bridgehead atoms. The van der Waals surface area contributed by atoms with E-state index in [1.54, 1.807) is 14.0 Å². The summed E-state index contributed by atoms with van der Waals surface area (Å²) in [6.07, 6.45) is 0.855. The molecular formula is C18H28ClN5O. The molecule has 1 aromatic rings. The highest BCUT2D eigenvalue weighted by Gasteiger charge is 2.17. The Balaban J connectivity index is 1.62. The van der Waals surface area contributed by atoms with Crippen molar-refractivity contribution >= 4 is 23.5 Å². The van der Waals surface area contributed by atoms with Crippen LogP contribution in [0.4, 0.5) is 0 Å². The lowest BCUT2D eigenvalue weighted by atomic mass is 10.1. The van der Waals surface area contributed by atoms with Gasteiger partial charge >= 0.3 is 0 Å². The Morgan fingerprint density at radius 3 is 2.48 bits per heavy atom. The molecule has 6 nitrogen and oxygen atoms in total. The maximum atomic E-state index is 11.3. The fourth-order valence-electron chi connectivity index (χ4n) is 2.86. The highest BCUT2D eigenvalue weighted by molar-refractivity contribution is 6.31. The summed E-state index contributed by atoms with van der Waals surface area (Å²) >= 11 is 6.17. The van der Waals surface area contributed by atoms with Crippen LogP contribution in [0.1, 0.15) is 12.5 Å². The zero-order valence-corrected chi connectivity index (χ0v) is 15.9. The summed E-state index contributed by atoms with van der Waals surface area (Å²) in [6.45, 7) is 7.68. The summed E-state index contributed by atoms with van der Waals surface area (Å²) in [6, 6.07) is 7.90. The van der Waals surface area contributed by atoms with Crippen LogP contribution in [0.3, 0.4) is 0 Å². The predicted molar refractivity (Wildman–Crippen MR) is 103 cm³/mol. The lowest BCUT2D eigenvalue weighted by molar-refractivity contribution is -0.130. The van der Waals surface area contributed by atoms with Gasteiger partial charge in [-0.1, -0.05) is 29.8 Å². The molecule has 0 atom stereocenters. The van der Waals surface area contributed by atoms with Crippen LogP contribution < -0.4 is 10.6 Å². The maximum Gasteiger partial charge on any atom is 0.219 e. The molecule has 1 fully saturated rings. The van der Waals surface area contributed by atoms with Gasteiger partial charge in [0.1, 0.15) is 0 Å². The van der Waals surface area contributed by atoms with Crippen molar-refractivity contribution in [2.75, 3.05) is 52.9 Å². The van der Waals surface area contributed by atoms with Crippen LogP contribution in [-0.4, -0.2) is 74.5 Å². The number of amides is 1. The molecule has 0 unspecified atom stereocenters. The summed E-state index contributed by atoms with van der Waals surface area (Å²) in [5.74, 6) is 0.968. The van der Waals surface area contributed by atoms with E-state index in [1.165, 1.54) is 0 Å². The van der Waals surface area contributed by atoms with Gasteiger partial charge in [0.15, 0.2) is 5.96 Å². The van der Waals surface area contributed by atoms with Crippen molar-refractivity contribution in [3.8, 4) is 0 Å². The standard InChI is InChI=1S/C18H28ClN5O/c1-15(25)24-13-11-23(12-14-24)10-9-22-18(20-2)21-8-7-16-5-3-4-6-17(16)19/h3-6H,7-14H2,1-2H3,(H2,20,21,22). The molecule has 1 aliphatic rings. The number of carbonyl (C=O) groups is 1. The number of benzene rings is 1. The molecule has 1 amide bonds. The minimum absolute atomic E-state index is 0.167. The van der Waals surface area contributed by atoms with Crippen molar-refractivity contribution in [1.82, 2.24) is 20.4 Å². The third kappa shape index (κ3) is 6.55. The van der Waals surface area contributed by atoms with Crippen molar-refractivity contribution in [1.29, 1.82) is 0 Å². The van der Waals surface area contributed by atoms with Gasteiger partial charge in [0.25, 0.3) is 0 Å². The van der Waals surface area contributed by atoms with E-state index in [4.69, 9.17) is 11.6 Å². The third-order valence-corrected chi connectivity index (χ3v) is 4.78. The van der Waals surface area contributed by atoms with E-state index >= 15 is 0 Å². The molecule has 0 spiro atoms. The Labute approximate surface area is 155 Å². The lowest BCUT2D eigenvalue weighted by Crippen LogP contribution is -2.50. The third-order valence-electron chi connectivity index (χ3n) is 4.41. The van der Waals surface area contributed by atoms with Gasteiger partial charge in [-0.15, -0.1) is 0 Å². The maximum absolute atomic E-state index is 11.3. The lowest BCUT2D eigenvalue weighted by Gasteiger charge is -2.34. The number of rotatable bonds is 6. The fourth-order valence-corrected chi connectivity index (χ4v) is 3.09. The highest BCUT2D eigenvalue weighted by Crippen LogP contribution is 2.14. The summed E-state index contributed by atoms with van der Waals surface area (Å²) in [4.78, 5) is 19.9. The number of piperazine rings is 1. The zero-order valence-electron chi connectivity index (χ0n) is 15.1. The van der Waals surface area contributed by atoms with E-state index in [0.717, 1.165) is 68.8 Å². The predicted octanol–water partition coefficient (Wildman–Crippen LogP) is 1.21. The zero-order chi connectivity index (χ0) is 18.1. The Kier molecular flexibility index (Phi) is 8.01. The van der Waals surface area contributed by atoms with Crippen LogP contribution in [0.5, 0.6) is 0 Å². The molecule has 0 radical (unpaired) electrons. The Morgan fingerprint density at radius 2 is 1.84 bits per heavy atom. The van der Waals surface area contributed by atoms with Crippen molar-refractivity contribution in [2.24, 2.45) is 4.99 Å². The molecule has 138 valence electrons. The first kappa shape index (κ1) is 19.5. The van der Waals surface area contributed by atoms with E-state index in [0.29, 0.717) is 0 Å². The quantitative estimate of drug-likeness (QED) is 0.587. The van der Waals surface area contributed by atoms with Gasteiger partial charge in [-0.25, -0.2) is 0 Å². The number of aliphatic imine (C=N–C) groups is 1. The van der Waals surface area contributed by atoms with Crippen LogP contribution in [-0.2, 0) is 11.2 Å². The molecule has 2 rings (SSSR count). The largest absolute Gasteiger partial charge is 0.356 e. The number of nitrogens with one attached hydrogen (secondary N) is 2. The van der Waals surface area contributed by atoms with Crippen LogP contribution >= 0.6 is 11.6 Å². The van der Waals surface area contributed by atoms with Crippen LogP contribution in [0.2, 0.25) is 5.02 Å². The molecule has 2 N–H and O–H groups in total. The molecule has 0 aliphatic carbocycles. The van der Waals surface area contributed by atoms with E-state index < -0.39 is 0 Å². The number of carbonyl (C=O) groups excluding carboxylic acids is 1. The molecule has 1 aromatic carbocycles. The van der Waals surface area contributed by atoms with Crippen molar-refractivity contribution in [3.05, 3.63) is 34.9 Å². The Morgan fingerprint density at radius 1 is 1.16 bits per heavy atom. The normalized spacial score (nSPS) is 16.0. The number of hydrogen-bond acceptors (Lipinski definition) is 3. The molecular weight excluding hydrogens is 338 g/mol. The van der Waals surface area contributed by atoms with Gasteiger partial charge in [0.2, 0.25) is 5.91 Å². The smallest absolute Gasteiger partial charge is 0.219 e. The first-order valence-corrected chi connectivity index (χ1v) is 9.13. The fraction of sp³-hybridized carbons (Fsp3) is 0.556. The van der Waals surface area contributed by atoms with Gasteiger partial charge in [-0.2, -0.15) is 0 Å². The molecule has 25 heavy (non-hydrogen) atoms. The SMILES string of the molecule is CN=C(NCCc1ccccc1Cl)NCCN1CCN(C(C)=O)CC1. The number of halogens is 1. The Bertz CT molecular complexity index is 585. The summed E-state index contributed by atoms with van der Waals surface area (Å²) in [7, 11) is 1.77. The number of nitrogens with zero attached hydrogens (tertiary/aromatic N) is 3. The van der Waals surface area contributed by atoms with Crippen LogP contribution in [0.15, 0.2) is 29.3 Å². The second-order valence-electron chi connectivity index (χ2n) is 6.11. The second-order valence-corrected chi connectivity index (χ2v) is 6.52. The minimum Gasteiger partial charge on any atom is -0.356 e. The summed E-state index contributed by atoms with van der Waals surface area (Å²) < 4.78 is 0. The van der Waals surface area contributed by atoms with Gasteiger partial charge in [-0.05, 0) is 18.1 Å². The average molecular weight is 366 g/mol. The van der Waals surface area contributed by atoms with Crippen LogP contribution in [0.25, 0.3) is 0 Å². The Hall–Kier alpha value is -1.79. The molecule has 0 saturated carbocycles. The van der Waals surface area contributed by atoms with Gasteiger partial charge in [0, 0.05) is 64.8 Å². The van der Waals surface area contributed by atoms with E-state index in [1.807, 2.05) is 29.2 Å². The van der Waals surface area contributed by atoms with Crippen molar-refractivity contribution < 1.29 is 4.79 Å². The molecule has 0 aromatic heterocycles. The van der Waals surface area contributed by atoms with E-state index in [2.05, 4.69) is 20.5 Å².